The molecule has 0 bridgehead atoms. The quantitative estimate of drug-likeness (QED) is 0.650. The highest BCUT2D eigenvalue weighted by atomic mass is 16.4. The first-order chi connectivity index (χ1) is 6.59. The Balaban J connectivity index is 2.65. The Morgan fingerprint density at radius 1 is 1.57 bits per heavy atom. The Morgan fingerprint density at radius 3 is 2.93 bits per heavy atom. The first-order valence-electron chi connectivity index (χ1n) is 4.46. The van der Waals surface area contributed by atoms with Gasteiger partial charge in [-0.15, -0.1) is 0 Å². The number of nitrogens with zero attached hydrogens (tertiary/aromatic N) is 1. The van der Waals surface area contributed by atoms with E-state index in [0.717, 1.165) is 24.2 Å². The Kier molecular flexibility index (Phi) is 1.84. The van der Waals surface area contributed by atoms with Crippen molar-refractivity contribution < 1.29 is 9.90 Å². The van der Waals surface area contributed by atoms with Crippen LogP contribution in [0.2, 0.25) is 0 Å². The van der Waals surface area contributed by atoms with Crippen molar-refractivity contribution in [1.29, 1.82) is 0 Å². The number of carbonyl (C=O) groups is 1. The molecule has 2 rings (SSSR count). The fourth-order valence-corrected chi connectivity index (χ4v) is 1.92. The zero-order valence-electron chi connectivity index (χ0n) is 7.95. The van der Waals surface area contributed by atoms with Crippen LogP contribution in [0.4, 0.5) is 11.4 Å². The molecule has 3 N–H and O–H groups in total. The van der Waals surface area contributed by atoms with Crippen molar-refractivity contribution in [3.8, 4) is 0 Å². The topological polar surface area (TPSA) is 66.6 Å². The van der Waals surface area contributed by atoms with Gasteiger partial charge in [0.25, 0.3) is 0 Å². The molecule has 0 saturated carbocycles. The van der Waals surface area contributed by atoms with E-state index in [1.54, 1.807) is 0 Å². The van der Waals surface area contributed by atoms with Gasteiger partial charge in [0, 0.05) is 19.3 Å². The van der Waals surface area contributed by atoms with Crippen molar-refractivity contribution in [3.63, 3.8) is 0 Å². The van der Waals surface area contributed by atoms with Gasteiger partial charge < -0.3 is 15.7 Å². The lowest BCUT2D eigenvalue weighted by Crippen LogP contribution is -2.16. The maximum Gasteiger partial charge on any atom is 0.337 e. The second kappa shape index (κ2) is 2.90. The summed E-state index contributed by atoms with van der Waals surface area (Å²) >= 11 is 0. The van der Waals surface area contributed by atoms with E-state index < -0.39 is 5.97 Å². The van der Waals surface area contributed by atoms with E-state index in [0.29, 0.717) is 11.3 Å². The normalized spacial score (nSPS) is 14.2. The van der Waals surface area contributed by atoms with E-state index in [4.69, 9.17) is 10.8 Å². The van der Waals surface area contributed by atoms with E-state index in [-0.39, 0.29) is 0 Å². The first-order valence-corrected chi connectivity index (χ1v) is 4.46. The fraction of sp³-hybridized carbons (Fsp3) is 0.300. The number of carboxylic acids is 1. The van der Waals surface area contributed by atoms with Gasteiger partial charge in [0.05, 0.1) is 11.3 Å². The molecular weight excluding hydrogens is 180 g/mol. The molecule has 0 aromatic heterocycles. The van der Waals surface area contributed by atoms with Crippen LogP contribution in [-0.4, -0.2) is 24.7 Å². The van der Waals surface area contributed by atoms with E-state index in [1.165, 1.54) is 6.07 Å². The highest BCUT2D eigenvalue weighted by Gasteiger charge is 2.23. The van der Waals surface area contributed by atoms with Gasteiger partial charge in [-0.05, 0) is 24.1 Å². The largest absolute Gasteiger partial charge is 0.478 e. The lowest BCUT2D eigenvalue weighted by atomic mass is 10.1. The molecule has 4 heteroatoms. The van der Waals surface area contributed by atoms with Crippen LogP contribution in [0.3, 0.4) is 0 Å². The van der Waals surface area contributed by atoms with Crippen molar-refractivity contribution in [1.82, 2.24) is 0 Å². The summed E-state index contributed by atoms with van der Waals surface area (Å²) in [7, 11) is 1.90. The number of hydrogen-bond donors (Lipinski definition) is 2. The van der Waals surface area contributed by atoms with Crippen LogP contribution in [0.1, 0.15) is 15.9 Å². The molecule has 0 atom stereocenters. The smallest absolute Gasteiger partial charge is 0.337 e. The third kappa shape index (κ3) is 1.19. The molecule has 0 amide bonds. The van der Waals surface area contributed by atoms with Gasteiger partial charge in [0.2, 0.25) is 0 Å². The number of fused-ring (bicyclic) bond motifs is 1. The average molecular weight is 192 g/mol. The van der Waals surface area contributed by atoms with Crippen LogP contribution in [-0.2, 0) is 6.42 Å². The van der Waals surface area contributed by atoms with E-state index >= 15 is 0 Å². The number of benzene rings is 1. The van der Waals surface area contributed by atoms with E-state index in [2.05, 4.69) is 0 Å². The number of aromatic carboxylic acids is 1. The molecule has 0 radical (unpaired) electrons. The second-order valence-electron chi connectivity index (χ2n) is 3.55. The Bertz CT molecular complexity index is 401. The predicted octanol–water partition coefficient (Wildman–Crippen LogP) is 0.959. The molecule has 1 aromatic carbocycles. The third-order valence-electron chi connectivity index (χ3n) is 2.54. The van der Waals surface area contributed by atoms with Crippen LogP contribution < -0.4 is 10.6 Å². The number of nitrogen functional groups attached to an aromatic ring is 1. The molecule has 14 heavy (non-hydrogen) atoms. The molecule has 0 fully saturated rings. The van der Waals surface area contributed by atoms with Crippen LogP contribution >= 0.6 is 0 Å². The number of likely N-dealkylation sites (N-methyl/N-ethyl adjacent to an activating group) is 1. The summed E-state index contributed by atoms with van der Waals surface area (Å²) in [5.74, 6) is -0.915. The van der Waals surface area contributed by atoms with Gasteiger partial charge >= 0.3 is 5.97 Å². The van der Waals surface area contributed by atoms with Gasteiger partial charge in [-0.2, -0.15) is 0 Å². The molecule has 0 saturated heterocycles. The summed E-state index contributed by atoms with van der Waals surface area (Å²) < 4.78 is 0. The van der Waals surface area contributed by atoms with Gasteiger partial charge in [-0.1, -0.05) is 0 Å². The van der Waals surface area contributed by atoms with E-state index in [1.807, 2.05) is 18.0 Å². The van der Waals surface area contributed by atoms with Gasteiger partial charge in [0.1, 0.15) is 0 Å². The Labute approximate surface area is 81.9 Å². The van der Waals surface area contributed by atoms with Gasteiger partial charge in [0.15, 0.2) is 0 Å². The molecule has 4 nitrogen and oxygen atoms in total. The Morgan fingerprint density at radius 2 is 2.29 bits per heavy atom. The molecule has 1 aromatic rings. The SMILES string of the molecule is CN1CCc2cc(N)cc(C(=O)O)c21. The zero-order chi connectivity index (χ0) is 10.3. The van der Waals surface area contributed by atoms with Crippen LogP contribution in [0.5, 0.6) is 0 Å². The number of hydrogen-bond acceptors (Lipinski definition) is 3. The average Bonchev–Trinajstić information content (AvgIpc) is 2.46. The third-order valence-corrected chi connectivity index (χ3v) is 2.54. The van der Waals surface area contributed by atoms with Crippen molar-refractivity contribution in [2.75, 3.05) is 24.2 Å². The second-order valence-corrected chi connectivity index (χ2v) is 3.55. The highest BCUT2D eigenvalue weighted by Crippen LogP contribution is 2.32. The molecule has 0 aliphatic carbocycles. The highest BCUT2D eigenvalue weighted by molar-refractivity contribution is 5.97. The fourth-order valence-electron chi connectivity index (χ4n) is 1.92. The molecule has 0 unspecified atom stereocenters. The summed E-state index contributed by atoms with van der Waals surface area (Å²) in [4.78, 5) is 12.9. The minimum atomic E-state index is -0.915. The molecule has 1 aliphatic rings. The molecule has 1 aliphatic heterocycles. The summed E-state index contributed by atoms with van der Waals surface area (Å²) in [5.41, 5.74) is 8.31. The first kappa shape index (κ1) is 8.87. The zero-order valence-corrected chi connectivity index (χ0v) is 7.95. The van der Waals surface area contributed by atoms with Crippen molar-refractivity contribution in [3.05, 3.63) is 23.3 Å². The van der Waals surface area contributed by atoms with Crippen LogP contribution in [0.25, 0.3) is 0 Å². The maximum atomic E-state index is 11.0. The summed E-state index contributed by atoms with van der Waals surface area (Å²) in [6.45, 7) is 0.860. The lowest BCUT2D eigenvalue weighted by Gasteiger charge is -2.14. The monoisotopic (exact) mass is 192 g/mol. The standard InChI is InChI=1S/C10H12N2O2/c1-12-3-2-6-4-7(11)5-8(9(6)12)10(13)14/h4-5H,2-3,11H2,1H3,(H,13,14). The maximum absolute atomic E-state index is 11.0. The van der Waals surface area contributed by atoms with Crippen LogP contribution in [0.15, 0.2) is 12.1 Å². The molecular formula is C10H12N2O2. The Hall–Kier alpha value is -1.71. The molecule has 1 heterocycles. The van der Waals surface area contributed by atoms with E-state index in [9.17, 15) is 4.79 Å². The van der Waals surface area contributed by atoms with Gasteiger partial charge in [-0.3, -0.25) is 0 Å². The number of anilines is 2. The summed E-state index contributed by atoms with van der Waals surface area (Å²) in [6, 6.07) is 3.37. The molecule has 0 spiro atoms. The number of nitrogens with two attached hydrogens (primary N) is 1. The van der Waals surface area contributed by atoms with Crippen LogP contribution in [0, 0.1) is 0 Å². The predicted molar refractivity (Wildman–Crippen MR) is 54.8 cm³/mol. The van der Waals surface area contributed by atoms with Crippen molar-refractivity contribution >= 4 is 17.3 Å². The summed E-state index contributed by atoms with van der Waals surface area (Å²) in [5, 5.41) is 9.01. The lowest BCUT2D eigenvalue weighted by molar-refractivity contribution is 0.0697. The van der Waals surface area contributed by atoms with Crippen molar-refractivity contribution in [2.45, 2.75) is 6.42 Å². The number of rotatable bonds is 1. The minimum Gasteiger partial charge on any atom is -0.478 e. The molecule has 74 valence electrons. The van der Waals surface area contributed by atoms with Gasteiger partial charge in [-0.25, -0.2) is 4.79 Å². The van der Waals surface area contributed by atoms with Crippen molar-refractivity contribution in [2.24, 2.45) is 0 Å². The summed E-state index contributed by atoms with van der Waals surface area (Å²) in [6.07, 6.45) is 0.872. The minimum absolute atomic E-state index is 0.306. The number of carboxylic acid groups (broad SMARTS) is 1.